The van der Waals surface area contributed by atoms with Crippen molar-refractivity contribution >= 4 is 17.6 Å². The molecule has 0 bridgehead atoms. The van der Waals surface area contributed by atoms with Crippen molar-refractivity contribution in [2.75, 3.05) is 7.11 Å². The highest BCUT2D eigenvalue weighted by Gasteiger charge is 2.27. The first kappa shape index (κ1) is 20.8. The van der Waals surface area contributed by atoms with Crippen LogP contribution in [0.1, 0.15) is 15.9 Å². The zero-order valence-corrected chi connectivity index (χ0v) is 16.7. The van der Waals surface area contributed by atoms with Gasteiger partial charge in [-0.15, -0.1) is 0 Å². The van der Waals surface area contributed by atoms with E-state index in [1.807, 2.05) is 18.2 Å². The fourth-order valence-electron chi connectivity index (χ4n) is 3.11. The molecule has 3 rings (SSSR count). The second kappa shape index (κ2) is 9.04. The summed E-state index contributed by atoms with van der Waals surface area (Å²) in [5.41, 5.74) is 7.36. The SMILES string of the molecule is COc1cccc(-c2nn(C)cc2C(=O)NC(Cc2ccccc2)C(=O)C(N)=O)c1. The minimum absolute atomic E-state index is 0.142. The van der Waals surface area contributed by atoms with E-state index in [4.69, 9.17) is 10.5 Å². The van der Waals surface area contributed by atoms with Gasteiger partial charge in [0.1, 0.15) is 17.5 Å². The molecule has 0 spiro atoms. The number of nitrogens with zero attached hydrogens (tertiary/aromatic N) is 2. The van der Waals surface area contributed by atoms with Crippen LogP contribution in [0.25, 0.3) is 11.3 Å². The van der Waals surface area contributed by atoms with E-state index in [0.29, 0.717) is 17.0 Å². The van der Waals surface area contributed by atoms with Gasteiger partial charge in [0.15, 0.2) is 0 Å². The number of primary amides is 1. The fourth-order valence-corrected chi connectivity index (χ4v) is 3.11. The summed E-state index contributed by atoms with van der Waals surface area (Å²) in [5.74, 6) is -1.87. The van der Waals surface area contributed by atoms with Gasteiger partial charge in [-0.1, -0.05) is 42.5 Å². The molecule has 0 saturated carbocycles. The lowest BCUT2D eigenvalue weighted by molar-refractivity contribution is -0.137. The third-order valence-corrected chi connectivity index (χ3v) is 4.56. The van der Waals surface area contributed by atoms with Crippen LogP contribution in [0, 0.1) is 0 Å². The summed E-state index contributed by atoms with van der Waals surface area (Å²) in [6, 6.07) is 15.1. The van der Waals surface area contributed by atoms with Crippen LogP contribution in [0.3, 0.4) is 0 Å². The molecule has 2 aromatic carbocycles. The largest absolute Gasteiger partial charge is 0.497 e. The average molecular weight is 406 g/mol. The number of carbonyl (C=O) groups excluding carboxylic acids is 3. The summed E-state index contributed by atoms with van der Waals surface area (Å²) in [4.78, 5) is 36.9. The number of ether oxygens (including phenoxy) is 1. The van der Waals surface area contributed by atoms with Crippen molar-refractivity contribution in [2.24, 2.45) is 12.8 Å². The van der Waals surface area contributed by atoms with E-state index in [1.54, 1.807) is 56.8 Å². The number of carbonyl (C=O) groups is 3. The van der Waals surface area contributed by atoms with Gasteiger partial charge in [0.25, 0.3) is 11.8 Å². The molecule has 0 aliphatic carbocycles. The molecule has 2 amide bonds. The van der Waals surface area contributed by atoms with Crippen molar-refractivity contribution in [3.63, 3.8) is 0 Å². The van der Waals surface area contributed by atoms with Crippen LogP contribution >= 0.6 is 0 Å². The molecule has 154 valence electrons. The Balaban J connectivity index is 1.90. The maximum atomic E-state index is 13.0. The molecule has 1 aromatic heterocycles. The maximum Gasteiger partial charge on any atom is 0.287 e. The molecule has 3 N–H and O–H groups in total. The Morgan fingerprint density at radius 3 is 2.53 bits per heavy atom. The van der Waals surface area contributed by atoms with E-state index in [2.05, 4.69) is 10.4 Å². The number of hydrogen-bond acceptors (Lipinski definition) is 5. The van der Waals surface area contributed by atoms with Gasteiger partial charge in [0, 0.05) is 25.2 Å². The smallest absolute Gasteiger partial charge is 0.287 e. The molecular weight excluding hydrogens is 384 g/mol. The van der Waals surface area contributed by atoms with Crippen LogP contribution < -0.4 is 15.8 Å². The third-order valence-electron chi connectivity index (χ3n) is 4.56. The number of methoxy groups -OCH3 is 1. The van der Waals surface area contributed by atoms with Gasteiger partial charge in [-0.2, -0.15) is 5.10 Å². The van der Waals surface area contributed by atoms with Crippen LogP contribution in [0.2, 0.25) is 0 Å². The van der Waals surface area contributed by atoms with Crippen LogP contribution in [-0.4, -0.2) is 40.5 Å². The molecule has 1 heterocycles. The molecule has 1 unspecified atom stereocenters. The molecule has 1 atom stereocenters. The van der Waals surface area contributed by atoms with Gasteiger partial charge in [-0.05, 0) is 17.7 Å². The number of aromatic nitrogens is 2. The second-order valence-corrected chi connectivity index (χ2v) is 6.74. The van der Waals surface area contributed by atoms with Gasteiger partial charge < -0.3 is 15.8 Å². The molecule has 8 nitrogen and oxygen atoms in total. The van der Waals surface area contributed by atoms with Gasteiger partial charge in [-0.25, -0.2) is 0 Å². The number of Topliss-reactive ketones (excluding diaryl/α,β-unsaturated/α-hetero) is 1. The summed E-state index contributed by atoms with van der Waals surface area (Å²) in [5, 5.41) is 7.01. The average Bonchev–Trinajstić information content (AvgIpc) is 3.15. The Hall–Kier alpha value is -3.94. The molecular formula is C22H22N4O4. The number of benzene rings is 2. The Bertz CT molecular complexity index is 1080. The Labute approximate surface area is 173 Å². The summed E-state index contributed by atoms with van der Waals surface area (Å²) >= 11 is 0. The Morgan fingerprint density at radius 2 is 1.87 bits per heavy atom. The van der Waals surface area contributed by atoms with Gasteiger partial charge in [0.05, 0.1) is 12.7 Å². The summed E-state index contributed by atoms with van der Waals surface area (Å²) in [7, 11) is 3.24. The van der Waals surface area contributed by atoms with E-state index in [-0.39, 0.29) is 12.0 Å². The predicted octanol–water partition coefficient (Wildman–Crippen LogP) is 1.49. The van der Waals surface area contributed by atoms with Crippen molar-refractivity contribution in [2.45, 2.75) is 12.5 Å². The third kappa shape index (κ3) is 4.72. The lowest BCUT2D eigenvalue weighted by Crippen LogP contribution is -2.47. The van der Waals surface area contributed by atoms with Crippen molar-refractivity contribution in [1.29, 1.82) is 0 Å². The topological polar surface area (TPSA) is 116 Å². The van der Waals surface area contributed by atoms with Gasteiger partial charge in [-0.3, -0.25) is 19.1 Å². The van der Waals surface area contributed by atoms with Crippen LogP contribution in [0.4, 0.5) is 0 Å². The van der Waals surface area contributed by atoms with Crippen molar-refractivity contribution in [3.8, 4) is 17.0 Å². The number of ketones is 1. The lowest BCUT2D eigenvalue weighted by atomic mass is 10.0. The zero-order valence-electron chi connectivity index (χ0n) is 16.7. The Kier molecular flexibility index (Phi) is 6.26. The highest BCUT2D eigenvalue weighted by Crippen LogP contribution is 2.25. The summed E-state index contributed by atoms with van der Waals surface area (Å²) in [6.07, 6.45) is 1.70. The fraction of sp³-hybridized carbons (Fsp3) is 0.182. The van der Waals surface area contributed by atoms with E-state index < -0.39 is 23.6 Å². The zero-order chi connectivity index (χ0) is 21.7. The monoisotopic (exact) mass is 406 g/mol. The summed E-state index contributed by atoms with van der Waals surface area (Å²) in [6.45, 7) is 0. The molecule has 0 fully saturated rings. The number of nitrogens with two attached hydrogens (primary N) is 1. The van der Waals surface area contributed by atoms with Crippen molar-refractivity contribution in [3.05, 3.63) is 71.9 Å². The molecule has 0 radical (unpaired) electrons. The first-order valence-electron chi connectivity index (χ1n) is 9.25. The Morgan fingerprint density at radius 1 is 1.13 bits per heavy atom. The number of nitrogens with one attached hydrogen (secondary N) is 1. The normalized spacial score (nSPS) is 11.5. The highest BCUT2D eigenvalue weighted by atomic mass is 16.5. The first-order valence-corrected chi connectivity index (χ1v) is 9.25. The standard InChI is InChI=1S/C22H22N4O4/c1-26-13-17(19(25-26)15-9-6-10-16(12-15)30-2)22(29)24-18(20(27)21(23)28)11-14-7-4-3-5-8-14/h3-10,12-13,18H,11H2,1-2H3,(H2,23,28)(H,24,29). The van der Waals surface area contributed by atoms with Gasteiger partial charge >= 0.3 is 0 Å². The maximum absolute atomic E-state index is 13.0. The molecule has 0 aliphatic rings. The highest BCUT2D eigenvalue weighted by molar-refractivity contribution is 6.38. The van der Waals surface area contributed by atoms with Crippen molar-refractivity contribution < 1.29 is 19.1 Å². The molecule has 3 aromatic rings. The van der Waals surface area contributed by atoms with E-state index in [0.717, 1.165) is 5.56 Å². The lowest BCUT2D eigenvalue weighted by Gasteiger charge is -2.16. The van der Waals surface area contributed by atoms with Crippen LogP contribution in [0.5, 0.6) is 5.75 Å². The summed E-state index contributed by atoms with van der Waals surface area (Å²) < 4.78 is 6.75. The number of rotatable bonds is 8. The number of hydrogen-bond donors (Lipinski definition) is 2. The van der Waals surface area contributed by atoms with E-state index >= 15 is 0 Å². The molecule has 8 heteroatoms. The quantitative estimate of drug-likeness (QED) is 0.550. The van der Waals surface area contributed by atoms with E-state index in [9.17, 15) is 14.4 Å². The second-order valence-electron chi connectivity index (χ2n) is 6.74. The number of aryl methyl sites for hydroxylation is 1. The molecule has 30 heavy (non-hydrogen) atoms. The van der Waals surface area contributed by atoms with Gasteiger partial charge in [0.2, 0.25) is 5.78 Å². The van der Waals surface area contributed by atoms with Crippen molar-refractivity contribution in [1.82, 2.24) is 15.1 Å². The van der Waals surface area contributed by atoms with E-state index in [1.165, 1.54) is 4.68 Å². The molecule has 0 saturated heterocycles. The minimum atomic E-state index is -1.10. The number of amides is 2. The van der Waals surface area contributed by atoms with Crippen LogP contribution in [-0.2, 0) is 23.1 Å². The first-order chi connectivity index (χ1) is 14.4. The predicted molar refractivity (Wildman–Crippen MR) is 111 cm³/mol. The minimum Gasteiger partial charge on any atom is -0.497 e. The molecule has 0 aliphatic heterocycles. The van der Waals surface area contributed by atoms with Crippen LogP contribution in [0.15, 0.2) is 60.8 Å².